The molecule has 0 radical (unpaired) electrons. The SMILES string of the molecule is C=C(C)C(=O)OCCCCCCOC(=O)C(=C)C(F)(F)F. The number of carbonyl (C=O) groups is 2. The van der Waals surface area contributed by atoms with Gasteiger partial charge in [-0.3, -0.25) is 0 Å². The Kier molecular flexibility index (Phi) is 8.42. The molecule has 0 heterocycles. The normalized spacial score (nSPS) is 10.9. The van der Waals surface area contributed by atoms with Crippen LogP contribution >= 0.6 is 0 Å². The van der Waals surface area contributed by atoms with E-state index < -0.39 is 23.7 Å². The van der Waals surface area contributed by atoms with Crippen LogP contribution in [0.4, 0.5) is 13.2 Å². The van der Waals surface area contributed by atoms with Gasteiger partial charge in [0, 0.05) is 5.57 Å². The molecule has 0 spiro atoms. The van der Waals surface area contributed by atoms with E-state index in [0.717, 1.165) is 0 Å². The van der Waals surface area contributed by atoms with E-state index in [1.165, 1.54) is 0 Å². The number of alkyl halides is 3. The summed E-state index contributed by atoms with van der Waals surface area (Å²) in [7, 11) is 0. The van der Waals surface area contributed by atoms with Crippen molar-refractivity contribution in [1.29, 1.82) is 0 Å². The molecule has 0 rings (SSSR count). The summed E-state index contributed by atoms with van der Waals surface area (Å²) >= 11 is 0. The lowest BCUT2D eigenvalue weighted by molar-refractivity contribution is -0.150. The van der Waals surface area contributed by atoms with E-state index in [-0.39, 0.29) is 13.2 Å². The van der Waals surface area contributed by atoms with Crippen molar-refractivity contribution in [3.05, 3.63) is 24.3 Å². The van der Waals surface area contributed by atoms with Gasteiger partial charge in [0.05, 0.1) is 13.2 Å². The Morgan fingerprint density at radius 1 is 0.905 bits per heavy atom. The number of carbonyl (C=O) groups excluding carboxylic acids is 2. The van der Waals surface area contributed by atoms with E-state index in [4.69, 9.17) is 4.74 Å². The van der Waals surface area contributed by atoms with Crippen molar-refractivity contribution in [2.75, 3.05) is 13.2 Å². The van der Waals surface area contributed by atoms with E-state index in [2.05, 4.69) is 17.9 Å². The minimum absolute atomic E-state index is 0.0977. The highest BCUT2D eigenvalue weighted by Crippen LogP contribution is 2.24. The first-order valence-electron chi connectivity index (χ1n) is 6.42. The van der Waals surface area contributed by atoms with Crippen LogP contribution in [0, 0.1) is 0 Å². The molecule has 0 aromatic carbocycles. The number of hydrogen-bond donors (Lipinski definition) is 0. The maximum atomic E-state index is 12.1. The third kappa shape index (κ3) is 8.88. The van der Waals surface area contributed by atoms with Gasteiger partial charge in [0.25, 0.3) is 0 Å². The minimum Gasteiger partial charge on any atom is -0.462 e. The van der Waals surface area contributed by atoms with Gasteiger partial charge in [-0.2, -0.15) is 13.2 Å². The molecular weight excluding hydrogens is 289 g/mol. The average molecular weight is 308 g/mol. The lowest BCUT2D eigenvalue weighted by Crippen LogP contribution is -2.21. The first-order valence-corrected chi connectivity index (χ1v) is 6.42. The molecule has 0 aliphatic carbocycles. The molecule has 0 fully saturated rings. The number of unbranched alkanes of at least 4 members (excludes halogenated alkanes) is 3. The highest BCUT2D eigenvalue weighted by molar-refractivity contribution is 5.89. The van der Waals surface area contributed by atoms with Gasteiger partial charge in [-0.25, -0.2) is 9.59 Å². The molecule has 0 aliphatic heterocycles. The van der Waals surface area contributed by atoms with Crippen molar-refractivity contribution in [2.24, 2.45) is 0 Å². The maximum Gasteiger partial charge on any atom is 0.422 e. The number of rotatable bonds is 9. The first-order chi connectivity index (χ1) is 9.66. The molecule has 0 N–H and O–H groups in total. The quantitative estimate of drug-likeness (QED) is 0.372. The number of hydrogen-bond acceptors (Lipinski definition) is 4. The summed E-state index contributed by atoms with van der Waals surface area (Å²) < 4.78 is 45.6. The molecule has 0 saturated heterocycles. The van der Waals surface area contributed by atoms with Crippen molar-refractivity contribution in [3.8, 4) is 0 Å². The van der Waals surface area contributed by atoms with E-state index in [1.807, 2.05) is 0 Å². The van der Waals surface area contributed by atoms with Crippen LogP contribution in [0.2, 0.25) is 0 Å². The van der Waals surface area contributed by atoms with Gasteiger partial charge in [-0.05, 0) is 32.6 Å². The zero-order valence-electron chi connectivity index (χ0n) is 11.9. The molecule has 7 heteroatoms. The molecular formula is C14H19F3O4. The summed E-state index contributed by atoms with van der Waals surface area (Å²) in [5.74, 6) is -1.90. The Morgan fingerprint density at radius 3 is 1.71 bits per heavy atom. The second kappa shape index (κ2) is 9.20. The highest BCUT2D eigenvalue weighted by Gasteiger charge is 2.37. The Morgan fingerprint density at radius 2 is 1.33 bits per heavy atom. The monoisotopic (exact) mass is 308 g/mol. The van der Waals surface area contributed by atoms with Crippen molar-refractivity contribution in [2.45, 2.75) is 38.8 Å². The zero-order valence-corrected chi connectivity index (χ0v) is 11.9. The van der Waals surface area contributed by atoms with Crippen molar-refractivity contribution < 1.29 is 32.2 Å². The predicted molar refractivity (Wildman–Crippen MR) is 70.4 cm³/mol. The fourth-order valence-electron chi connectivity index (χ4n) is 1.21. The van der Waals surface area contributed by atoms with E-state index in [1.54, 1.807) is 6.92 Å². The summed E-state index contributed by atoms with van der Waals surface area (Å²) in [4.78, 5) is 22.0. The fourth-order valence-corrected chi connectivity index (χ4v) is 1.21. The van der Waals surface area contributed by atoms with Gasteiger partial charge in [0.2, 0.25) is 0 Å². The molecule has 0 aliphatic rings. The summed E-state index contributed by atoms with van der Waals surface area (Å²) in [6.45, 7) is 7.78. The van der Waals surface area contributed by atoms with E-state index in [9.17, 15) is 22.8 Å². The number of esters is 2. The Bertz CT molecular complexity index is 400. The summed E-state index contributed by atoms with van der Waals surface area (Å²) in [5.41, 5.74) is -1.18. The molecule has 0 aromatic rings. The predicted octanol–water partition coefficient (Wildman–Crippen LogP) is 3.33. The summed E-state index contributed by atoms with van der Waals surface area (Å²) in [6.07, 6.45) is -2.34. The van der Waals surface area contributed by atoms with Crippen LogP contribution in [0.1, 0.15) is 32.6 Å². The average Bonchev–Trinajstić information content (AvgIpc) is 2.38. The number of ether oxygens (including phenoxy) is 2. The molecule has 0 aromatic heterocycles. The molecule has 0 bridgehead atoms. The van der Waals surface area contributed by atoms with Crippen LogP contribution in [0.3, 0.4) is 0 Å². The van der Waals surface area contributed by atoms with Crippen LogP contribution in [-0.2, 0) is 19.1 Å². The van der Waals surface area contributed by atoms with E-state index in [0.29, 0.717) is 31.3 Å². The zero-order chi connectivity index (χ0) is 16.5. The Balaban J connectivity index is 3.57. The molecule has 120 valence electrons. The van der Waals surface area contributed by atoms with Gasteiger partial charge >= 0.3 is 18.1 Å². The van der Waals surface area contributed by atoms with Crippen molar-refractivity contribution >= 4 is 11.9 Å². The molecule has 0 saturated carbocycles. The third-order valence-corrected chi connectivity index (χ3v) is 2.44. The lowest BCUT2D eigenvalue weighted by atomic mass is 10.2. The highest BCUT2D eigenvalue weighted by atomic mass is 19.4. The second-order valence-electron chi connectivity index (χ2n) is 4.44. The fraction of sp³-hybridized carbons (Fsp3) is 0.571. The molecule has 0 amide bonds. The van der Waals surface area contributed by atoms with Crippen LogP contribution in [0.15, 0.2) is 24.3 Å². The van der Waals surface area contributed by atoms with Gasteiger partial charge in [-0.1, -0.05) is 13.2 Å². The van der Waals surface area contributed by atoms with Crippen LogP contribution in [0.5, 0.6) is 0 Å². The second-order valence-corrected chi connectivity index (χ2v) is 4.44. The van der Waals surface area contributed by atoms with Crippen LogP contribution < -0.4 is 0 Å². The van der Waals surface area contributed by atoms with Gasteiger partial charge < -0.3 is 9.47 Å². The van der Waals surface area contributed by atoms with Crippen molar-refractivity contribution in [3.63, 3.8) is 0 Å². The number of halogens is 3. The Labute approximate surface area is 121 Å². The van der Waals surface area contributed by atoms with Gasteiger partial charge in [-0.15, -0.1) is 0 Å². The maximum absolute atomic E-state index is 12.1. The van der Waals surface area contributed by atoms with Crippen molar-refractivity contribution in [1.82, 2.24) is 0 Å². The molecule has 4 nitrogen and oxygen atoms in total. The van der Waals surface area contributed by atoms with Gasteiger partial charge in [0.15, 0.2) is 0 Å². The third-order valence-electron chi connectivity index (χ3n) is 2.44. The summed E-state index contributed by atoms with van der Waals surface area (Å²) in [5, 5.41) is 0. The van der Waals surface area contributed by atoms with E-state index >= 15 is 0 Å². The standard InChI is InChI=1S/C14H19F3O4/c1-10(2)12(18)20-8-6-4-5-7-9-21-13(19)11(3)14(15,16)17/h1,3-9H2,2H3. The van der Waals surface area contributed by atoms with Crippen LogP contribution in [0.25, 0.3) is 0 Å². The smallest absolute Gasteiger partial charge is 0.422 e. The molecule has 0 unspecified atom stereocenters. The molecule has 21 heavy (non-hydrogen) atoms. The summed E-state index contributed by atoms with van der Waals surface area (Å²) in [6, 6.07) is 0. The topological polar surface area (TPSA) is 52.6 Å². The Hall–Kier alpha value is -1.79. The first kappa shape index (κ1) is 19.2. The molecule has 0 atom stereocenters. The minimum atomic E-state index is -4.76. The van der Waals surface area contributed by atoms with Gasteiger partial charge in [0.1, 0.15) is 5.57 Å². The largest absolute Gasteiger partial charge is 0.462 e. The lowest BCUT2D eigenvalue weighted by Gasteiger charge is -2.09. The van der Waals surface area contributed by atoms with Crippen LogP contribution in [-0.4, -0.2) is 31.3 Å².